The maximum absolute atomic E-state index is 11.9. The lowest BCUT2D eigenvalue weighted by Crippen LogP contribution is -2.26. The van der Waals surface area contributed by atoms with Crippen LogP contribution in [0, 0.1) is 23.7 Å². The zero-order chi connectivity index (χ0) is 39.5. The Morgan fingerprint density at radius 2 is 1.59 bits per heavy atom. The minimum absolute atomic E-state index is 0.104. The summed E-state index contributed by atoms with van der Waals surface area (Å²) in [5.41, 5.74) is 7.31. The molecule has 0 radical (unpaired) electrons. The van der Waals surface area contributed by atoms with Crippen molar-refractivity contribution < 1.29 is 34.0 Å². The van der Waals surface area contributed by atoms with Crippen molar-refractivity contribution >= 4 is 12.3 Å². The number of aryl methyl sites for hydroxylation is 1. The van der Waals surface area contributed by atoms with Crippen molar-refractivity contribution in [3.8, 4) is 16.9 Å². The number of ether oxygens (including phenoxy) is 3. The van der Waals surface area contributed by atoms with Crippen LogP contribution in [-0.2, 0) is 25.5 Å². The van der Waals surface area contributed by atoms with E-state index in [-0.39, 0.29) is 30.3 Å². The molecular formula is C47H70O7. The van der Waals surface area contributed by atoms with E-state index < -0.39 is 5.97 Å². The molecule has 300 valence electrons. The number of aliphatic hydroxyl groups excluding tert-OH is 2. The Kier molecular flexibility index (Phi) is 20.3. The van der Waals surface area contributed by atoms with Crippen LogP contribution in [0.1, 0.15) is 133 Å². The molecule has 0 amide bonds. The molecule has 2 aliphatic carbocycles. The van der Waals surface area contributed by atoms with E-state index in [1.807, 2.05) is 0 Å². The summed E-state index contributed by atoms with van der Waals surface area (Å²) in [7, 11) is 1.70. The second kappa shape index (κ2) is 24.3. The monoisotopic (exact) mass is 747 g/mol. The molecule has 2 N–H and O–H groups in total. The highest BCUT2D eigenvalue weighted by atomic mass is 16.5. The van der Waals surface area contributed by atoms with Gasteiger partial charge in [-0.3, -0.25) is 4.79 Å². The molecule has 1 atom stereocenters. The molecule has 2 saturated carbocycles. The zero-order valence-electron chi connectivity index (χ0n) is 34.1. The Bertz CT molecular complexity index is 1450. The summed E-state index contributed by atoms with van der Waals surface area (Å²) in [5.74, 6) is 4.37. The Morgan fingerprint density at radius 3 is 2.15 bits per heavy atom. The van der Waals surface area contributed by atoms with E-state index in [1.54, 1.807) is 7.11 Å². The fourth-order valence-electron chi connectivity index (χ4n) is 8.26. The lowest BCUT2D eigenvalue weighted by molar-refractivity contribution is -0.141. The summed E-state index contributed by atoms with van der Waals surface area (Å²) in [6.07, 6.45) is 16.6. The average molecular weight is 747 g/mol. The number of rotatable bonds is 20. The van der Waals surface area contributed by atoms with Gasteiger partial charge in [-0.25, -0.2) is 4.79 Å². The molecule has 0 aliphatic heterocycles. The zero-order valence-corrected chi connectivity index (χ0v) is 34.1. The number of benzene rings is 2. The van der Waals surface area contributed by atoms with Gasteiger partial charge >= 0.3 is 5.97 Å². The molecule has 2 aliphatic rings. The number of aldehydes is 1. The van der Waals surface area contributed by atoms with Crippen LogP contribution >= 0.6 is 0 Å². The van der Waals surface area contributed by atoms with Gasteiger partial charge in [0, 0.05) is 18.6 Å². The van der Waals surface area contributed by atoms with E-state index in [0.717, 1.165) is 62.2 Å². The number of methoxy groups -OCH3 is 1. The number of hydrogen-bond acceptors (Lipinski definition) is 7. The Hall–Kier alpha value is -3.26. The van der Waals surface area contributed by atoms with Crippen LogP contribution in [0.15, 0.2) is 60.7 Å². The maximum Gasteiger partial charge on any atom is 0.335 e. The molecule has 2 aromatic carbocycles. The number of carbonyl (C=O) groups is 2. The third kappa shape index (κ3) is 14.1. The topological polar surface area (TPSA) is 102 Å². The van der Waals surface area contributed by atoms with Crippen LogP contribution in [0.25, 0.3) is 11.1 Å². The molecule has 7 heteroatoms. The normalized spacial score (nSPS) is 20.4. The number of unbranched alkanes of at least 4 members (excludes halogenated alkanes) is 1. The van der Waals surface area contributed by atoms with Crippen molar-refractivity contribution in [2.24, 2.45) is 23.7 Å². The minimum atomic E-state index is -0.508. The Morgan fingerprint density at radius 1 is 0.907 bits per heavy atom. The van der Waals surface area contributed by atoms with E-state index in [2.05, 4.69) is 77.3 Å². The third-order valence-electron chi connectivity index (χ3n) is 11.7. The van der Waals surface area contributed by atoms with Gasteiger partial charge in [0.1, 0.15) is 12.0 Å². The van der Waals surface area contributed by atoms with E-state index >= 15 is 0 Å². The molecule has 2 aromatic rings. The highest BCUT2D eigenvalue weighted by molar-refractivity contribution is 5.87. The van der Waals surface area contributed by atoms with Gasteiger partial charge in [0.25, 0.3) is 0 Å². The molecular weight excluding hydrogens is 677 g/mol. The molecule has 0 saturated heterocycles. The summed E-state index contributed by atoms with van der Waals surface area (Å²) < 4.78 is 16.9. The largest absolute Gasteiger partial charge is 0.493 e. The predicted octanol–water partition coefficient (Wildman–Crippen LogP) is 10.2. The number of esters is 1. The highest BCUT2D eigenvalue weighted by Crippen LogP contribution is 2.45. The van der Waals surface area contributed by atoms with E-state index in [4.69, 9.17) is 24.4 Å². The van der Waals surface area contributed by atoms with Gasteiger partial charge in [-0.05, 0) is 134 Å². The quantitative estimate of drug-likeness (QED) is 0.0602. The van der Waals surface area contributed by atoms with Gasteiger partial charge in [-0.15, -0.1) is 0 Å². The molecule has 54 heavy (non-hydrogen) atoms. The fourth-order valence-corrected chi connectivity index (χ4v) is 8.26. The highest BCUT2D eigenvalue weighted by Gasteiger charge is 2.32. The van der Waals surface area contributed by atoms with Crippen LogP contribution in [0.3, 0.4) is 0 Å². The maximum atomic E-state index is 11.9. The summed E-state index contributed by atoms with van der Waals surface area (Å²) in [4.78, 5) is 21.4. The standard InChI is InChI=1S/C43H64O5.C4H6O2/c1-7-9-24-47-42-23-21-39(25-34(42)8-2)40-22-20-38(26-41(40)30(3)4)37-18-16-36(17-19-37)35-14-12-32(13-15-35)10-11-33(28-46-6)29-48-43(45)31(5)27-44;1-4(2-5)3-6/h20-23,25-26,30,32-33,35-37,44H,5,7-19,24,27-29H2,1-4,6H3;2,6H,1,3H2. The molecule has 1 unspecified atom stereocenters. The van der Waals surface area contributed by atoms with Crippen LogP contribution in [0.4, 0.5) is 0 Å². The summed E-state index contributed by atoms with van der Waals surface area (Å²) >= 11 is 0. The number of carbonyl (C=O) groups excluding carboxylic acids is 2. The van der Waals surface area contributed by atoms with Gasteiger partial charge in [-0.1, -0.05) is 84.4 Å². The van der Waals surface area contributed by atoms with E-state index in [1.165, 1.54) is 79.2 Å². The van der Waals surface area contributed by atoms with Crippen LogP contribution in [0.5, 0.6) is 5.75 Å². The average Bonchev–Trinajstić information content (AvgIpc) is 3.21. The van der Waals surface area contributed by atoms with Crippen molar-refractivity contribution in [2.75, 3.05) is 40.1 Å². The first-order valence-electron chi connectivity index (χ1n) is 20.7. The van der Waals surface area contributed by atoms with Crippen LogP contribution < -0.4 is 4.74 Å². The lowest BCUT2D eigenvalue weighted by Gasteiger charge is -2.38. The SMILES string of the molecule is C=C(C=O)CO.C=C(CO)C(=O)OCC(CCC1CCC(C2CCC(c3ccc(-c4ccc(OCCCC)c(CC)c4)c(C(C)C)c3)CC2)CC1)COC. The first kappa shape index (κ1) is 45.1. The molecule has 0 aromatic heterocycles. The Balaban J connectivity index is 0.00000120. The van der Waals surface area contributed by atoms with Crippen molar-refractivity contribution in [2.45, 2.75) is 123 Å². The van der Waals surface area contributed by atoms with Gasteiger partial charge in [0.05, 0.1) is 38.6 Å². The number of aliphatic hydroxyl groups is 2. The van der Waals surface area contributed by atoms with Crippen molar-refractivity contribution in [1.82, 2.24) is 0 Å². The van der Waals surface area contributed by atoms with Crippen molar-refractivity contribution in [3.05, 3.63) is 77.4 Å². The third-order valence-corrected chi connectivity index (χ3v) is 11.7. The smallest absolute Gasteiger partial charge is 0.335 e. The molecule has 0 spiro atoms. The van der Waals surface area contributed by atoms with E-state index in [0.29, 0.717) is 31.3 Å². The second-order valence-corrected chi connectivity index (χ2v) is 16.0. The minimum Gasteiger partial charge on any atom is -0.493 e. The van der Waals surface area contributed by atoms with Gasteiger partial charge in [0.15, 0.2) is 0 Å². The number of hydrogen-bond donors (Lipinski definition) is 2. The van der Waals surface area contributed by atoms with Crippen molar-refractivity contribution in [3.63, 3.8) is 0 Å². The first-order chi connectivity index (χ1) is 26.1. The molecule has 2 fully saturated rings. The summed E-state index contributed by atoms with van der Waals surface area (Å²) in [6, 6.07) is 14.2. The first-order valence-corrected chi connectivity index (χ1v) is 20.7. The van der Waals surface area contributed by atoms with Gasteiger partial charge < -0.3 is 24.4 Å². The summed E-state index contributed by atoms with van der Waals surface area (Å²) in [6.45, 7) is 16.9. The molecule has 0 heterocycles. The molecule has 4 rings (SSSR count). The fraction of sp³-hybridized carbons (Fsp3) is 0.617. The molecule has 7 nitrogen and oxygen atoms in total. The van der Waals surface area contributed by atoms with E-state index in [9.17, 15) is 9.59 Å². The Labute approximate surface area is 326 Å². The summed E-state index contributed by atoms with van der Waals surface area (Å²) in [5, 5.41) is 17.1. The van der Waals surface area contributed by atoms with Crippen molar-refractivity contribution in [1.29, 1.82) is 0 Å². The van der Waals surface area contributed by atoms with Crippen LogP contribution in [0.2, 0.25) is 0 Å². The van der Waals surface area contributed by atoms with Gasteiger partial charge in [0.2, 0.25) is 0 Å². The van der Waals surface area contributed by atoms with Crippen LogP contribution in [-0.4, -0.2) is 62.6 Å². The lowest BCUT2D eigenvalue weighted by atomic mass is 9.67. The second-order valence-electron chi connectivity index (χ2n) is 16.0. The molecule has 0 bridgehead atoms. The predicted molar refractivity (Wildman–Crippen MR) is 220 cm³/mol. The van der Waals surface area contributed by atoms with Gasteiger partial charge in [-0.2, -0.15) is 0 Å².